The summed E-state index contributed by atoms with van der Waals surface area (Å²) in [5.74, 6) is -2.67. The summed E-state index contributed by atoms with van der Waals surface area (Å²) >= 11 is 0. The molecule has 0 radical (unpaired) electrons. The van der Waals surface area contributed by atoms with Crippen LogP contribution in [0.5, 0.6) is 0 Å². The SMILES string of the molecule is CC[C@@H]1OC(=O)[C@H](C)[C@H](O)[C@H](C)[C@@H](O[C@@H]2O[C@H](C)C[C@H](N(C)C)[C@H]2O)[C@@](C)(O)C[C@@H](C)CN[C@@H](C)[C@@H](O)[C@]1(C)O. The normalized spacial score (nSPS) is 48.8. The molecule has 6 N–H and O–H groups in total. The number of cyclic esters (lactones) is 1. The molecule has 2 aliphatic rings. The van der Waals surface area contributed by atoms with Crippen molar-refractivity contribution in [2.45, 2.75) is 141 Å². The second-order valence-electron chi connectivity index (χ2n) is 13.1. The van der Waals surface area contributed by atoms with Crippen LogP contribution in [0.3, 0.4) is 0 Å². The number of carbonyl (C=O) groups excluding carboxylic acids is 1. The van der Waals surface area contributed by atoms with Crippen molar-refractivity contribution in [1.82, 2.24) is 10.2 Å². The number of carbonyl (C=O) groups is 1. The first kappa shape index (κ1) is 35.3. The molecule has 0 amide bonds. The predicted octanol–water partition coefficient (Wildman–Crippen LogP) is 0.633. The molecular formula is C29H56N2O9. The number of aliphatic hydroxyl groups is 5. The Morgan fingerprint density at radius 2 is 1.65 bits per heavy atom. The molecule has 0 saturated carbocycles. The minimum atomic E-state index is -1.75. The van der Waals surface area contributed by atoms with E-state index in [1.165, 1.54) is 13.8 Å². The Balaban J connectivity index is 2.48. The van der Waals surface area contributed by atoms with Gasteiger partial charge in [-0.25, -0.2) is 0 Å². The minimum absolute atomic E-state index is 0.113. The molecule has 0 spiro atoms. The summed E-state index contributed by atoms with van der Waals surface area (Å²) in [6.07, 6.45) is -5.77. The zero-order valence-electron chi connectivity index (χ0n) is 26.1. The largest absolute Gasteiger partial charge is 0.459 e. The van der Waals surface area contributed by atoms with Crippen LogP contribution < -0.4 is 5.32 Å². The first-order valence-electron chi connectivity index (χ1n) is 14.7. The molecule has 2 rings (SSSR count). The van der Waals surface area contributed by atoms with Gasteiger partial charge in [-0.1, -0.05) is 20.8 Å². The molecule has 2 aliphatic heterocycles. The lowest BCUT2D eigenvalue weighted by molar-refractivity contribution is -0.299. The Kier molecular flexibility index (Phi) is 12.4. The van der Waals surface area contributed by atoms with Crippen molar-refractivity contribution in [3.63, 3.8) is 0 Å². The molecular weight excluding hydrogens is 520 g/mol. The Hall–Kier alpha value is -0.890. The van der Waals surface area contributed by atoms with Gasteiger partial charge in [0.25, 0.3) is 0 Å². The maximum atomic E-state index is 13.2. The van der Waals surface area contributed by atoms with Crippen LogP contribution in [-0.2, 0) is 19.0 Å². The summed E-state index contributed by atoms with van der Waals surface area (Å²) in [5, 5.41) is 59.8. The molecule has 0 aliphatic carbocycles. The van der Waals surface area contributed by atoms with Crippen LogP contribution in [0.15, 0.2) is 0 Å². The third kappa shape index (κ3) is 8.14. The third-order valence-corrected chi connectivity index (χ3v) is 8.97. The van der Waals surface area contributed by atoms with Crippen molar-refractivity contribution in [2.24, 2.45) is 17.8 Å². The maximum absolute atomic E-state index is 13.2. The molecule has 0 unspecified atom stereocenters. The van der Waals surface area contributed by atoms with Crippen molar-refractivity contribution in [2.75, 3.05) is 20.6 Å². The fraction of sp³-hybridized carbons (Fsp3) is 0.966. The van der Waals surface area contributed by atoms with Crippen LogP contribution in [0.2, 0.25) is 0 Å². The zero-order valence-corrected chi connectivity index (χ0v) is 26.1. The first-order valence-corrected chi connectivity index (χ1v) is 14.7. The number of ether oxygens (including phenoxy) is 3. The van der Waals surface area contributed by atoms with Crippen molar-refractivity contribution in [3.05, 3.63) is 0 Å². The highest BCUT2D eigenvalue weighted by Gasteiger charge is 2.49. The number of nitrogens with zero attached hydrogens (tertiary/aromatic N) is 1. The van der Waals surface area contributed by atoms with E-state index in [4.69, 9.17) is 14.2 Å². The summed E-state index contributed by atoms with van der Waals surface area (Å²) in [5.41, 5.74) is -3.25. The lowest BCUT2D eigenvalue weighted by Crippen LogP contribution is -2.59. The van der Waals surface area contributed by atoms with E-state index in [9.17, 15) is 30.3 Å². The lowest BCUT2D eigenvalue weighted by Gasteiger charge is -2.46. The number of aliphatic hydroxyl groups excluding tert-OH is 3. The molecule has 40 heavy (non-hydrogen) atoms. The van der Waals surface area contributed by atoms with Crippen LogP contribution in [0, 0.1) is 17.8 Å². The van der Waals surface area contributed by atoms with Gasteiger partial charge < -0.3 is 50.0 Å². The van der Waals surface area contributed by atoms with E-state index in [1.54, 1.807) is 27.7 Å². The molecule has 11 heteroatoms. The second-order valence-corrected chi connectivity index (χ2v) is 13.1. The van der Waals surface area contributed by atoms with Gasteiger partial charge in [0.05, 0.1) is 29.8 Å². The van der Waals surface area contributed by atoms with Gasteiger partial charge >= 0.3 is 5.97 Å². The quantitative estimate of drug-likeness (QED) is 0.261. The Morgan fingerprint density at radius 1 is 1.05 bits per heavy atom. The van der Waals surface area contributed by atoms with Crippen LogP contribution >= 0.6 is 0 Å². The van der Waals surface area contributed by atoms with Gasteiger partial charge in [0, 0.05) is 18.0 Å². The molecule has 0 aromatic rings. The summed E-state index contributed by atoms with van der Waals surface area (Å²) in [7, 11) is 3.74. The van der Waals surface area contributed by atoms with E-state index in [0.29, 0.717) is 13.0 Å². The van der Waals surface area contributed by atoms with Gasteiger partial charge in [-0.15, -0.1) is 0 Å². The fourth-order valence-electron chi connectivity index (χ4n) is 6.36. The monoisotopic (exact) mass is 576 g/mol. The average Bonchev–Trinajstić information content (AvgIpc) is 2.87. The zero-order chi connectivity index (χ0) is 30.7. The number of likely N-dealkylation sites (N-methyl/N-ethyl adjacent to an activating group) is 1. The summed E-state index contributed by atoms with van der Waals surface area (Å²) in [6.45, 7) is 14.0. The maximum Gasteiger partial charge on any atom is 0.311 e. The van der Waals surface area contributed by atoms with E-state index in [2.05, 4.69) is 5.32 Å². The number of hydrogen-bond acceptors (Lipinski definition) is 11. The van der Waals surface area contributed by atoms with E-state index >= 15 is 0 Å². The van der Waals surface area contributed by atoms with Crippen molar-refractivity contribution >= 4 is 5.97 Å². The van der Waals surface area contributed by atoms with Gasteiger partial charge in [-0.05, 0) is 80.4 Å². The standard InChI is InChI=1S/C29H56N2O9/c1-11-21-29(8,37)24(34)19(6)30-14-15(2)13-28(7,36)25(17(4)22(32)18(5)26(35)39-21)40-27-23(33)20(31(9)10)12-16(3)38-27/h15-25,27,30,32-34,36-37H,11-14H2,1-10H3/t15-,16-,17+,18-,19+,20+,21+,22-,23-,24-,25-,27+,28+,29-/m1/s1. The van der Waals surface area contributed by atoms with Crippen LogP contribution in [-0.4, -0.2) is 123 Å². The molecule has 0 aromatic heterocycles. The van der Waals surface area contributed by atoms with E-state index in [1.807, 2.05) is 32.8 Å². The van der Waals surface area contributed by atoms with E-state index in [-0.39, 0.29) is 30.9 Å². The molecule has 11 nitrogen and oxygen atoms in total. The summed E-state index contributed by atoms with van der Waals surface area (Å²) < 4.78 is 18.0. The van der Waals surface area contributed by atoms with E-state index < -0.39 is 71.9 Å². The molecule has 2 heterocycles. The van der Waals surface area contributed by atoms with Crippen molar-refractivity contribution in [3.8, 4) is 0 Å². The molecule has 0 aromatic carbocycles. The van der Waals surface area contributed by atoms with Gasteiger partial charge in [0.1, 0.15) is 23.9 Å². The highest BCUT2D eigenvalue weighted by atomic mass is 16.7. The highest BCUT2D eigenvalue weighted by molar-refractivity contribution is 5.73. The van der Waals surface area contributed by atoms with Gasteiger partial charge in [-0.3, -0.25) is 4.79 Å². The second kappa shape index (κ2) is 14.1. The first-order chi connectivity index (χ1) is 18.3. The number of esters is 1. The fourth-order valence-corrected chi connectivity index (χ4v) is 6.36. The topological polar surface area (TPSA) is 161 Å². The average molecular weight is 577 g/mol. The third-order valence-electron chi connectivity index (χ3n) is 8.97. The molecule has 14 atom stereocenters. The van der Waals surface area contributed by atoms with Crippen LogP contribution in [0.1, 0.15) is 74.7 Å². The molecule has 236 valence electrons. The predicted molar refractivity (Wildman–Crippen MR) is 150 cm³/mol. The van der Waals surface area contributed by atoms with E-state index in [0.717, 1.165) is 0 Å². The number of nitrogens with one attached hydrogen (secondary N) is 1. The van der Waals surface area contributed by atoms with Gasteiger partial charge in [0.2, 0.25) is 0 Å². The number of rotatable bonds is 4. The summed E-state index contributed by atoms with van der Waals surface area (Å²) in [4.78, 5) is 15.1. The van der Waals surface area contributed by atoms with Gasteiger partial charge in [-0.2, -0.15) is 0 Å². The lowest BCUT2D eigenvalue weighted by atomic mass is 9.78. The van der Waals surface area contributed by atoms with Crippen molar-refractivity contribution < 1.29 is 44.5 Å². The summed E-state index contributed by atoms with van der Waals surface area (Å²) in [6, 6.07) is -0.783. The number of hydrogen-bond donors (Lipinski definition) is 6. The Labute approximate surface area is 240 Å². The van der Waals surface area contributed by atoms with Crippen LogP contribution in [0.25, 0.3) is 0 Å². The smallest absolute Gasteiger partial charge is 0.311 e. The molecule has 2 saturated heterocycles. The molecule has 2 fully saturated rings. The molecule has 0 bridgehead atoms. The Bertz CT molecular complexity index is 810. The minimum Gasteiger partial charge on any atom is -0.459 e. The van der Waals surface area contributed by atoms with Crippen LogP contribution in [0.4, 0.5) is 0 Å². The Morgan fingerprint density at radius 3 is 2.20 bits per heavy atom. The highest BCUT2D eigenvalue weighted by Crippen LogP contribution is 2.36. The van der Waals surface area contributed by atoms with Gasteiger partial charge in [0.15, 0.2) is 6.29 Å². The van der Waals surface area contributed by atoms with Crippen molar-refractivity contribution in [1.29, 1.82) is 0 Å².